The van der Waals surface area contributed by atoms with Crippen LogP contribution in [0.15, 0.2) is 48.0 Å². The third-order valence-electron chi connectivity index (χ3n) is 3.65. The second-order valence-corrected chi connectivity index (χ2v) is 5.55. The molecule has 2 aromatic carbocycles. The molecule has 144 valence electrons. The Balaban J connectivity index is 2.18. The van der Waals surface area contributed by atoms with E-state index in [1.165, 1.54) is 30.3 Å². The van der Waals surface area contributed by atoms with Crippen LogP contribution >= 0.6 is 0 Å². The molecule has 0 saturated carbocycles. The number of hydrogen-bond acceptors (Lipinski definition) is 6. The zero-order valence-electron chi connectivity index (χ0n) is 15.6. The second kappa shape index (κ2) is 9.78. The number of benzene rings is 2. The number of nitrogens with zero attached hydrogens (tertiary/aromatic N) is 1. The lowest BCUT2D eigenvalue weighted by Gasteiger charge is -2.09. The maximum atomic E-state index is 12.4. The van der Waals surface area contributed by atoms with Gasteiger partial charge in [-0.25, -0.2) is 4.79 Å². The van der Waals surface area contributed by atoms with Crippen LogP contribution < -0.4 is 10.1 Å². The van der Waals surface area contributed by atoms with E-state index in [2.05, 4.69) is 5.32 Å². The highest BCUT2D eigenvalue weighted by atomic mass is 16.5. The predicted octanol–water partition coefficient (Wildman–Crippen LogP) is 3.51. The van der Waals surface area contributed by atoms with Crippen LogP contribution in [0.1, 0.15) is 29.8 Å². The van der Waals surface area contributed by atoms with Crippen molar-refractivity contribution in [1.82, 2.24) is 0 Å². The van der Waals surface area contributed by atoms with Gasteiger partial charge in [-0.05, 0) is 50.3 Å². The summed E-state index contributed by atoms with van der Waals surface area (Å²) in [6.45, 7) is 4.13. The topological polar surface area (TPSA) is 109 Å². The Bertz CT molecular complexity index is 927. The molecule has 0 unspecified atom stereocenters. The molecule has 0 heterocycles. The third kappa shape index (κ3) is 5.11. The fraction of sp³-hybridized carbons (Fsp3) is 0.190. The molecule has 7 heteroatoms. The van der Waals surface area contributed by atoms with Gasteiger partial charge in [0.15, 0.2) is 11.5 Å². The van der Waals surface area contributed by atoms with Crippen molar-refractivity contribution < 1.29 is 24.2 Å². The smallest absolute Gasteiger partial charge is 0.338 e. The van der Waals surface area contributed by atoms with Crippen molar-refractivity contribution in [2.24, 2.45) is 0 Å². The first-order valence-electron chi connectivity index (χ1n) is 8.65. The monoisotopic (exact) mass is 380 g/mol. The predicted molar refractivity (Wildman–Crippen MR) is 104 cm³/mol. The zero-order valence-corrected chi connectivity index (χ0v) is 15.6. The first kappa shape index (κ1) is 20.5. The van der Waals surface area contributed by atoms with E-state index in [0.717, 1.165) is 0 Å². The normalized spacial score (nSPS) is 10.7. The number of aromatic hydroxyl groups is 1. The molecule has 7 nitrogen and oxygen atoms in total. The highest BCUT2D eigenvalue weighted by molar-refractivity contribution is 6.10. The lowest BCUT2D eigenvalue weighted by atomic mass is 10.1. The Morgan fingerprint density at radius 1 is 1.14 bits per heavy atom. The molecule has 1 amide bonds. The van der Waals surface area contributed by atoms with Crippen molar-refractivity contribution >= 4 is 23.6 Å². The number of esters is 1. The van der Waals surface area contributed by atoms with Crippen LogP contribution in [0.4, 0.5) is 5.69 Å². The Morgan fingerprint density at radius 3 is 2.46 bits per heavy atom. The van der Waals surface area contributed by atoms with Crippen molar-refractivity contribution in [3.8, 4) is 17.6 Å². The van der Waals surface area contributed by atoms with Gasteiger partial charge in [-0.3, -0.25) is 4.79 Å². The number of nitriles is 1. The minimum absolute atomic E-state index is 0.149. The number of anilines is 1. The number of ether oxygens (including phenoxy) is 2. The van der Waals surface area contributed by atoms with E-state index in [1.807, 2.05) is 6.07 Å². The van der Waals surface area contributed by atoms with Crippen LogP contribution in [0.2, 0.25) is 0 Å². The molecule has 2 aromatic rings. The number of hydrogen-bond donors (Lipinski definition) is 2. The fourth-order valence-corrected chi connectivity index (χ4v) is 2.33. The summed E-state index contributed by atoms with van der Waals surface area (Å²) in [5.41, 5.74) is 0.855. The first-order valence-corrected chi connectivity index (χ1v) is 8.65. The van der Waals surface area contributed by atoms with E-state index >= 15 is 0 Å². The van der Waals surface area contributed by atoms with E-state index in [-0.39, 0.29) is 29.2 Å². The van der Waals surface area contributed by atoms with Crippen LogP contribution in [0.5, 0.6) is 11.5 Å². The summed E-state index contributed by atoms with van der Waals surface area (Å²) in [7, 11) is 0. The minimum atomic E-state index is -0.646. The van der Waals surface area contributed by atoms with Crippen LogP contribution in [-0.4, -0.2) is 30.2 Å². The summed E-state index contributed by atoms with van der Waals surface area (Å²) in [5.74, 6) is -0.984. The van der Waals surface area contributed by atoms with Gasteiger partial charge in [-0.15, -0.1) is 0 Å². The standard InChI is InChI=1S/C21H20N2O5/c1-3-27-18-7-5-6-15(19(18)24)12-16(13-22)20(25)23-17-10-8-14(9-11-17)21(26)28-4-2/h5-12,24H,3-4H2,1-2H3,(H,23,25)/b16-12-. The molecule has 0 fully saturated rings. The first-order chi connectivity index (χ1) is 13.5. The highest BCUT2D eigenvalue weighted by Crippen LogP contribution is 2.31. The number of nitrogens with one attached hydrogen (secondary N) is 1. The average Bonchev–Trinajstić information content (AvgIpc) is 2.69. The molecule has 0 aliphatic carbocycles. The summed E-state index contributed by atoms with van der Waals surface area (Å²) in [6.07, 6.45) is 1.28. The van der Waals surface area contributed by atoms with Gasteiger partial charge in [0.05, 0.1) is 18.8 Å². The lowest BCUT2D eigenvalue weighted by molar-refractivity contribution is -0.112. The zero-order chi connectivity index (χ0) is 20.5. The molecule has 0 atom stereocenters. The molecular weight excluding hydrogens is 360 g/mol. The maximum Gasteiger partial charge on any atom is 0.338 e. The largest absolute Gasteiger partial charge is 0.504 e. The molecule has 2 rings (SSSR count). The Hall–Kier alpha value is -3.79. The molecule has 0 bridgehead atoms. The summed E-state index contributed by atoms with van der Waals surface area (Å²) in [4.78, 5) is 24.0. The average molecular weight is 380 g/mol. The van der Waals surface area contributed by atoms with E-state index in [4.69, 9.17) is 9.47 Å². The summed E-state index contributed by atoms with van der Waals surface area (Å²) < 4.78 is 10.2. The highest BCUT2D eigenvalue weighted by Gasteiger charge is 2.13. The number of amides is 1. The number of para-hydroxylation sites is 1. The van der Waals surface area contributed by atoms with Crippen molar-refractivity contribution in [3.05, 3.63) is 59.2 Å². The molecule has 0 aliphatic heterocycles. The van der Waals surface area contributed by atoms with E-state index in [0.29, 0.717) is 17.9 Å². The molecular formula is C21H20N2O5. The van der Waals surface area contributed by atoms with Gasteiger partial charge in [0.25, 0.3) is 5.91 Å². The molecule has 0 spiro atoms. The van der Waals surface area contributed by atoms with Crippen LogP contribution in [0.3, 0.4) is 0 Å². The molecule has 0 radical (unpaired) electrons. The van der Waals surface area contributed by atoms with Gasteiger partial charge in [0.1, 0.15) is 11.6 Å². The number of rotatable bonds is 7. The molecule has 0 aromatic heterocycles. The van der Waals surface area contributed by atoms with Gasteiger partial charge >= 0.3 is 5.97 Å². The number of phenols is 1. The van der Waals surface area contributed by atoms with Crippen molar-refractivity contribution in [1.29, 1.82) is 5.26 Å². The van der Waals surface area contributed by atoms with Gasteiger partial charge in [0, 0.05) is 11.3 Å². The summed E-state index contributed by atoms with van der Waals surface area (Å²) in [5, 5.41) is 22.1. The van der Waals surface area contributed by atoms with Crippen LogP contribution in [0.25, 0.3) is 6.08 Å². The van der Waals surface area contributed by atoms with Crippen molar-refractivity contribution in [2.75, 3.05) is 18.5 Å². The van der Waals surface area contributed by atoms with E-state index in [1.54, 1.807) is 32.0 Å². The van der Waals surface area contributed by atoms with Gasteiger partial charge in [-0.2, -0.15) is 5.26 Å². The second-order valence-electron chi connectivity index (χ2n) is 5.55. The molecule has 0 aliphatic rings. The number of phenolic OH excluding ortho intramolecular Hbond substituents is 1. The Kier molecular flexibility index (Phi) is 7.17. The SMILES string of the molecule is CCOC(=O)c1ccc(NC(=O)/C(C#N)=C\c2cccc(OCC)c2O)cc1. The number of carbonyl (C=O) groups excluding carboxylic acids is 2. The minimum Gasteiger partial charge on any atom is -0.504 e. The van der Waals surface area contributed by atoms with Crippen LogP contribution in [0, 0.1) is 11.3 Å². The molecule has 2 N–H and O–H groups in total. The van der Waals surface area contributed by atoms with Gasteiger partial charge in [0.2, 0.25) is 0 Å². The fourth-order valence-electron chi connectivity index (χ4n) is 2.33. The summed E-state index contributed by atoms with van der Waals surface area (Å²) >= 11 is 0. The van der Waals surface area contributed by atoms with Crippen molar-refractivity contribution in [3.63, 3.8) is 0 Å². The van der Waals surface area contributed by atoms with Crippen molar-refractivity contribution in [2.45, 2.75) is 13.8 Å². The third-order valence-corrected chi connectivity index (χ3v) is 3.65. The molecule has 0 saturated heterocycles. The maximum absolute atomic E-state index is 12.4. The quantitative estimate of drug-likeness (QED) is 0.432. The van der Waals surface area contributed by atoms with E-state index in [9.17, 15) is 20.0 Å². The summed E-state index contributed by atoms with van der Waals surface area (Å²) in [6, 6.07) is 12.7. The van der Waals surface area contributed by atoms with E-state index < -0.39 is 11.9 Å². The molecule has 28 heavy (non-hydrogen) atoms. The van der Waals surface area contributed by atoms with Gasteiger partial charge < -0.3 is 19.9 Å². The number of carbonyl (C=O) groups is 2. The Morgan fingerprint density at radius 2 is 1.86 bits per heavy atom. The Labute approximate surface area is 162 Å². The van der Waals surface area contributed by atoms with Crippen LogP contribution in [-0.2, 0) is 9.53 Å². The van der Waals surface area contributed by atoms with Gasteiger partial charge in [-0.1, -0.05) is 12.1 Å². The lowest BCUT2D eigenvalue weighted by Crippen LogP contribution is -2.13.